The Kier molecular flexibility index (Phi) is 3.73. The maximum absolute atomic E-state index is 5.95. The van der Waals surface area contributed by atoms with E-state index in [2.05, 4.69) is 36.4 Å². The van der Waals surface area contributed by atoms with Gasteiger partial charge >= 0.3 is 0 Å². The first-order valence-corrected chi connectivity index (χ1v) is 7.13. The van der Waals surface area contributed by atoms with Crippen molar-refractivity contribution < 1.29 is 4.42 Å². The van der Waals surface area contributed by atoms with Crippen LogP contribution in [0.1, 0.15) is 35.5 Å². The van der Waals surface area contributed by atoms with Crippen LogP contribution in [0.15, 0.2) is 47.0 Å². The number of pyridine rings is 1. The van der Waals surface area contributed by atoms with E-state index in [-0.39, 0.29) is 6.04 Å². The molecule has 1 atom stereocenters. The number of nitrogens with one attached hydrogen (secondary N) is 1. The Bertz CT molecular complexity index is 764. The number of aryl methyl sites for hydroxylation is 2. The highest BCUT2D eigenvalue weighted by Gasteiger charge is 2.20. The van der Waals surface area contributed by atoms with E-state index >= 15 is 0 Å². The molecule has 1 aromatic carbocycles. The highest BCUT2D eigenvalue weighted by Crippen LogP contribution is 2.29. The molecule has 0 spiro atoms. The predicted octanol–water partition coefficient (Wildman–Crippen LogP) is 3.25. The van der Waals surface area contributed by atoms with Crippen LogP contribution in [-0.2, 0) is 6.42 Å². The standard InChI is InChI=1S/C17H19N3O/c1-3-12-5-4-8-19-16(12)17(20-18)15-10-13-9-11(2)6-7-14(13)21-15/h4-10,17,20H,3,18H2,1-2H3. The lowest BCUT2D eigenvalue weighted by Crippen LogP contribution is -2.30. The number of hydrazine groups is 1. The van der Waals surface area contributed by atoms with Crippen molar-refractivity contribution in [1.29, 1.82) is 0 Å². The van der Waals surface area contributed by atoms with E-state index in [1.54, 1.807) is 6.20 Å². The van der Waals surface area contributed by atoms with Crippen molar-refractivity contribution in [3.05, 3.63) is 65.2 Å². The van der Waals surface area contributed by atoms with E-state index in [1.807, 2.05) is 24.3 Å². The number of nitrogens with two attached hydrogens (primary N) is 1. The Morgan fingerprint density at radius 1 is 1.29 bits per heavy atom. The van der Waals surface area contributed by atoms with Crippen LogP contribution in [0.25, 0.3) is 11.0 Å². The molecule has 0 fully saturated rings. The molecule has 0 aliphatic carbocycles. The van der Waals surface area contributed by atoms with Crippen molar-refractivity contribution in [1.82, 2.24) is 10.4 Å². The van der Waals surface area contributed by atoms with Gasteiger partial charge in [-0.15, -0.1) is 0 Å². The average molecular weight is 281 g/mol. The Morgan fingerprint density at radius 3 is 2.90 bits per heavy atom. The zero-order chi connectivity index (χ0) is 14.8. The monoisotopic (exact) mass is 281 g/mol. The van der Waals surface area contributed by atoms with E-state index in [0.717, 1.165) is 34.4 Å². The molecule has 0 amide bonds. The molecule has 4 heteroatoms. The zero-order valence-electron chi connectivity index (χ0n) is 12.3. The number of nitrogens with zero attached hydrogens (tertiary/aromatic N) is 1. The van der Waals surface area contributed by atoms with Crippen LogP contribution in [0.4, 0.5) is 0 Å². The van der Waals surface area contributed by atoms with Crippen LogP contribution in [0.2, 0.25) is 0 Å². The second-order valence-electron chi connectivity index (χ2n) is 5.19. The van der Waals surface area contributed by atoms with Crippen molar-refractivity contribution >= 4 is 11.0 Å². The maximum atomic E-state index is 5.95. The third-order valence-corrected chi connectivity index (χ3v) is 3.72. The van der Waals surface area contributed by atoms with Gasteiger partial charge in [0, 0.05) is 11.6 Å². The summed E-state index contributed by atoms with van der Waals surface area (Å²) >= 11 is 0. The number of rotatable bonds is 4. The second kappa shape index (κ2) is 5.68. The SMILES string of the molecule is CCc1cccnc1C(NN)c1cc2cc(C)ccc2o1. The number of benzene rings is 1. The molecular weight excluding hydrogens is 262 g/mol. The molecule has 0 aliphatic rings. The summed E-state index contributed by atoms with van der Waals surface area (Å²) < 4.78 is 5.95. The number of fused-ring (bicyclic) bond motifs is 1. The number of hydrogen-bond acceptors (Lipinski definition) is 4. The lowest BCUT2D eigenvalue weighted by Gasteiger charge is -2.15. The van der Waals surface area contributed by atoms with Crippen molar-refractivity contribution in [2.45, 2.75) is 26.3 Å². The maximum Gasteiger partial charge on any atom is 0.134 e. The second-order valence-corrected chi connectivity index (χ2v) is 5.19. The first kappa shape index (κ1) is 13.8. The molecule has 2 heterocycles. The molecule has 2 aromatic heterocycles. The lowest BCUT2D eigenvalue weighted by molar-refractivity contribution is 0.469. The summed E-state index contributed by atoms with van der Waals surface area (Å²) in [5.74, 6) is 6.55. The van der Waals surface area contributed by atoms with E-state index in [0.29, 0.717) is 0 Å². The van der Waals surface area contributed by atoms with Crippen LogP contribution in [0, 0.1) is 6.92 Å². The van der Waals surface area contributed by atoms with Gasteiger partial charge in [0.15, 0.2) is 0 Å². The molecule has 0 radical (unpaired) electrons. The summed E-state index contributed by atoms with van der Waals surface area (Å²) in [4.78, 5) is 4.48. The minimum absolute atomic E-state index is 0.242. The van der Waals surface area contributed by atoms with Gasteiger partial charge in [0.05, 0.1) is 5.69 Å². The fraction of sp³-hybridized carbons (Fsp3) is 0.235. The summed E-state index contributed by atoms with van der Waals surface area (Å²) in [5.41, 5.74) is 6.98. The average Bonchev–Trinajstić information content (AvgIpc) is 2.91. The molecule has 0 aliphatic heterocycles. The van der Waals surface area contributed by atoms with Crippen LogP contribution < -0.4 is 11.3 Å². The van der Waals surface area contributed by atoms with E-state index in [1.165, 1.54) is 5.56 Å². The minimum atomic E-state index is -0.242. The minimum Gasteiger partial charge on any atom is -0.459 e. The summed E-state index contributed by atoms with van der Waals surface area (Å²) in [6.07, 6.45) is 2.69. The smallest absolute Gasteiger partial charge is 0.134 e. The molecular formula is C17H19N3O. The van der Waals surface area contributed by atoms with E-state index in [9.17, 15) is 0 Å². The van der Waals surface area contributed by atoms with Crippen LogP contribution in [0.5, 0.6) is 0 Å². The first-order valence-electron chi connectivity index (χ1n) is 7.13. The fourth-order valence-corrected chi connectivity index (χ4v) is 2.63. The molecule has 108 valence electrons. The molecule has 3 aromatic rings. The van der Waals surface area contributed by atoms with E-state index < -0.39 is 0 Å². The molecule has 0 saturated carbocycles. The van der Waals surface area contributed by atoms with Gasteiger partial charge in [0.2, 0.25) is 0 Å². The van der Waals surface area contributed by atoms with Gasteiger partial charge in [0.25, 0.3) is 0 Å². The Hall–Kier alpha value is -2.17. The fourth-order valence-electron chi connectivity index (χ4n) is 2.63. The van der Waals surface area contributed by atoms with Gasteiger partial charge in [-0.2, -0.15) is 0 Å². The summed E-state index contributed by atoms with van der Waals surface area (Å²) in [6, 6.07) is 11.9. The van der Waals surface area contributed by atoms with Crippen molar-refractivity contribution in [3.8, 4) is 0 Å². The number of hydrogen-bond donors (Lipinski definition) is 2. The predicted molar refractivity (Wildman–Crippen MR) is 83.7 cm³/mol. The van der Waals surface area contributed by atoms with Gasteiger partial charge < -0.3 is 4.42 Å². The van der Waals surface area contributed by atoms with E-state index in [4.69, 9.17) is 10.3 Å². The largest absolute Gasteiger partial charge is 0.459 e. The van der Waals surface area contributed by atoms with Gasteiger partial charge in [-0.25, -0.2) is 5.43 Å². The first-order chi connectivity index (χ1) is 10.2. The summed E-state index contributed by atoms with van der Waals surface area (Å²) in [6.45, 7) is 4.18. The zero-order valence-corrected chi connectivity index (χ0v) is 12.3. The molecule has 1 unspecified atom stereocenters. The highest BCUT2D eigenvalue weighted by atomic mass is 16.3. The Morgan fingerprint density at radius 2 is 2.14 bits per heavy atom. The van der Waals surface area contributed by atoms with Gasteiger partial charge in [-0.05, 0) is 43.2 Å². The lowest BCUT2D eigenvalue weighted by atomic mass is 10.0. The number of furan rings is 1. The van der Waals surface area contributed by atoms with Gasteiger partial charge in [0.1, 0.15) is 17.4 Å². The Balaban J connectivity index is 2.09. The Labute approximate surface area is 124 Å². The molecule has 4 nitrogen and oxygen atoms in total. The highest BCUT2D eigenvalue weighted by molar-refractivity contribution is 5.78. The third kappa shape index (κ3) is 2.55. The molecule has 0 saturated heterocycles. The van der Waals surface area contributed by atoms with Crippen molar-refractivity contribution in [2.75, 3.05) is 0 Å². The number of aromatic nitrogens is 1. The van der Waals surface area contributed by atoms with Crippen LogP contribution in [-0.4, -0.2) is 4.98 Å². The van der Waals surface area contributed by atoms with Gasteiger partial charge in [-0.3, -0.25) is 10.8 Å². The molecule has 3 N–H and O–H groups in total. The quantitative estimate of drug-likeness (QED) is 0.569. The van der Waals surface area contributed by atoms with Gasteiger partial charge in [-0.1, -0.05) is 24.6 Å². The summed E-state index contributed by atoms with van der Waals surface area (Å²) in [7, 11) is 0. The third-order valence-electron chi connectivity index (χ3n) is 3.72. The molecule has 21 heavy (non-hydrogen) atoms. The van der Waals surface area contributed by atoms with Crippen LogP contribution >= 0.6 is 0 Å². The molecule has 3 rings (SSSR count). The van der Waals surface area contributed by atoms with Crippen LogP contribution in [0.3, 0.4) is 0 Å². The van der Waals surface area contributed by atoms with Crippen molar-refractivity contribution in [3.63, 3.8) is 0 Å². The topological polar surface area (TPSA) is 64.1 Å². The summed E-state index contributed by atoms with van der Waals surface area (Å²) in [5, 5.41) is 1.08. The molecule has 0 bridgehead atoms. The van der Waals surface area contributed by atoms with Crippen molar-refractivity contribution in [2.24, 2.45) is 5.84 Å². The normalized spacial score (nSPS) is 12.7.